The van der Waals surface area contributed by atoms with Crippen molar-refractivity contribution < 1.29 is 4.79 Å². The van der Waals surface area contributed by atoms with Gasteiger partial charge in [0.1, 0.15) is 0 Å². The van der Waals surface area contributed by atoms with Crippen LogP contribution in [0.15, 0.2) is 30.3 Å². The van der Waals surface area contributed by atoms with Crippen molar-refractivity contribution in [1.29, 1.82) is 0 Å². The van der Waals surface area contributed by atoms with Crippen molar-refractivity contribution in [2.75, 3.05) is 13.6 Å². The summed E-state index contributed by atoms with van der Waals surface area (Å²) in [6.45, 7) is 0.786. The van der Waals surface area contributed by atoms with Crippen molar-refractivity contribution in [1.82, 2.24) is 4.90 Å². The third kappa shape index (κ3) is 3.33. The molecule has 1 aromatic carbocycles. The number of nitrogens with zero attached hydrogens (tertiary/aromatic N) is 1. The summed E-state index contributed by atoms with van der Waals surface area (Å²) in [5.74, 6) is 0.416. The third-order valence-electron chi connectivity index (χ3n) is 3.78. The highest BCUT2D eigenvalue weighted by molar-refractivity contribution is 5.79. The molecule has 2 N–H and O–H groups in total. The maximum atomic E-state index is 12.2. The zero-order valence-electron chi connectivity index (χ0n) is 11.0. The van der Waals surface area contributed by atoms with Crippen LogP contribution in [0.4, 0.5) is 0 Å². The van der Waals surface area contributed by atoms with Crippen LogP contribution in [0.25, 0.3) is 0 Å². The Morgan fingerprint density at radius 3 is 2.67 bits per heavy atom. The molecule has 1 amide bonds. The molecule has 0 aromatic heterocycles. The van der Waals surface area contributed by atoms with E-state index in [1.54, 1.807) is 0 Å². The van der Waals surface area contributed by atoms with Gasteiger partial charge in [-0.3, -0.25) is 4.79 Å². The van der Waals surface area contributed by atoms with E-state index in [1.807, 2.05) is 30.1 Å². The van der Waals surface area contributed by atoms with Crippen molar-refractivity contribution in [3.8, 4) is 0 Å². The average molecular weight is 246 g/mol. The third-order valence-corrected chi connectivity index (χ3v) is 3.78. The molecule has 2 unspecified atom stereocenters. The number of likely N-dealkylation sites (N-methyl/N-ethyl adjacent to an activating group) is 1. The van der Waals surface area contributed by atoms with E-state index in [0.717, 1.165) is 32.2 Å². The van der Waals surface area contributed by atoms with Crippen LogP contribution in [-0.2, 0) is 11.2 Å². The lowest BCUT2D eigenvalue weighted by Crippen LogP contribution is -2.34. The van der Waals surface area contributed by atoms with Gasteiger partial charge < -0.3 is 10.6 Å². The number of carbonyl (C=O) groups excluding carboxylic acids is 1. The molecule has 2 atom stereocenters. The van der Waals surface area contributed by atoms with Gasteiger partial charge >= 0.3 is 0 Å². The summed E-state index contributed by atoms with van der Waals surface area (Å²) in [5.41, 5.74) is 7.14. The Morgan fingerprint density at radius 1 is 1.33 bits per heavy atom. The number of hydrogen-bond donors (Lipinski definition) is 1. The highest BCUT2D eigenvalue weighted by atomic mass is 16.2. The molecule has 3 heteroatoms. The van der Waals surface area contributed by atoms with Gasteiger partial charge in [-0.1, -0.05) is 30.3 Å². The largest absolute Gasteiger partial charge is 0.345 e. The van der Waals surface area contributed by atoms with Crippen molar-refractivity contribution in [2.45, 2.75) is 31.7 Å². The number of amides is 1. The Balaban J connectivity index is 1.81. The first-order valence-electron chi connectivity index (χ1n) is 6.71. The van der Waals surface area contributed by atoms with Crippen molar-refractivity contribution in [2.24, 2.45) is 11.7 Å². The second-order valence-corrected chi connectivity index (χ2v) is 5.27. The first-order valence-corrected chi connectivity index (χ1v) is 6.71. The summed E-state index contributed by atoms with van der Waals surface area (Å²) >= 11 is 0. The maximum Gasteiger partial charge on any atom is 0.225 e. The van der Waals surface area contributed by atoms with Gasteiger partial charge in [0.05, 0.1) is 0 Å². The van der Waals surface area contributed by atoms with Crippen molar-refractivity contribution in [3.63, 3.8) is 0 Å². The van der Waals surface area contributed by atoms with Crippen LogP contribution >= 0.6 is 0 Å². The van der Waals surface area contributed by atoms with Gasteiger partial charge in [0.2, 0.25) is 5.91 Å². The Hall–Kier alpha value is -1.35. The molecule has 2 rings (SSSR count). The molecule has 0 aliphatic heterocycles. The number of benzene rings is 1. The molecule has 1 aliphatic carbocycles. The molecule has 3 nitrogen and oxygen atoms in total. The molecule has 0 spiro atoms. The van der Waals surface area contributed by atoms with E-state index < -0.39 is 0 Å². The lowest BCUT2D eigenvalue weighted by atomic mass is 10.1. The maximum absolute atomic E-state index is 12.2. The Morgan fingerprint density at radius 2 is 2.06 bits per heavy atom. The minimum Gasteiger partial charge on any atom is -0.345 e. The average Bonchev–Trinajstić information content (AvgIpc) is 2.83. The molecular weight excluding hydrogens is 224 g/mol. The van der Waals surface area contributed by atoms with Crippen LogP contribution in [0.5, 0.6) is 0 Å². The normalized spacial score (nSPS) is 23.0. The Bertz CT molecular complexity index is 391. The first-order chi connectivity index (χ1) is 8.66. The predicted molar refractivity (Wildman–Crippen MR) is 73.1 cm³/mol. The second kappa shape index (κ2) is 6.01. The molecular formula is C15H22N2O. The van der Waals surface area contributed by atoms with Gasteiger partial charge in [0.25, 0.3) is 0 Å². The van der Waals surface area contributed by atoms with Gasteiger partial charge in [-0.15, -0.1) is 0 Å². The molecule has 1 aromatic rings. The minimum absolute atomic E-state index is 0.153. The topological polar surface area (TPSA) is 46.3 Å². The smallest absolute Gasteiger partial charge is 0.225 e. The summed E-state index contributed by atoms with van der Waals surface area (Å²) in [6.07, 6.45) is 3.72. The predicted octanol–water partition coefficient (Wildman–Crippen LogP) is 1.81. The fourth-order valence-corrected chi connectivity index (χ4v) is 2.60. The molecule has 1 saturated carbocycles. The van der Waals surface area contributed by atoms with Gasteiger partial charge in [-0.05, 0) is 31.2 Å². The molecule has 0 saturated heterocycles. The molecule has 0 bridgehead atoms. The molecule has 1 aliphatic rings. The molecule has 0 heterocycles. The fraction of sp³-hybridized carbons (Fsp3) is 0.533. The summed E-state index contributed by atoms with van der Waals surface area (Å²) < 4.78 is 0. The standard InChI is InChI=1S/C15H22N2O/c1-17(10-9-12-5-3-2-4-6-12)15(18)13-7-8-14(16)11-13/h2-6,13-14H,7-11,16H2,1H3. The van der Waals surface area contributed by atoms with Crippen LogP contribution < -0.4 is 5.73 Å². The second-order valence-electron chi connectivity index (χ2n) is 5.27. The number of nitrogens with two attached hydrogens (primary N) is 1. The highest BCUT2D eigenvalue weighted by Gasteiger charge is 2.29. The zero-order chi connectivity index (χ0) is 13.0. The monoisotopic (exact) mass is 246 g/mol. The Kier molecular flexibility index (Phi) is 4.37. The first kappa shape index (κ1) is 13.1. The van der Waals surface area contributed by atoms with Gasteiger partial charge in [0.15, 0.2) is 0 Å². The van der Waals surface area contributed by atoms with Crippen LogP contribution in [0, 0.1) is 5.92 Å². The highest BCUT2D eigenvalue weighted by Crippen LogP contribution is 2.25. The summed E-state index contributed by atoms with van der Waals surface area (Å²) in [6, 6.07) is 10.5. The van der Waals surface area contributed by atoms with Crippen LogP contribution in [0.3, 0.4) is 0 Å². The summed E-state index contributed by atoms with van der Waals surface area (Å²) in [5, 5.41) is 0. The van der Waals surface area contributed by atoms with Crippen LogP contribution in [0.2, 0.25) is 0 Å². The van der Waals surface area contributed by atoms with Gasteiger partial charge in [-0.25, -0.2) is 0 Å². The lowest BCUT2D eigenvalue weighted by Gasteiger charge is -2.21. The van der Waals surface area contributed by atoms with E-state index >= 15 is 0 Å². The van der Waals surface area contributed by atoms with Crippen LogP contribution in [0.1, 0.15) is 24.8 Å². The van der Waals surface area contributed by atoms with E-state index in [9.17, 15) is 4.79 Å². The van der Waals surface area contributed by atoms with Crippen molar-refractivity contribution in [3.05, 3.63) is 35.9 Å². The fourth-order valence-electron chi connectivity index (χ4n) is 2.60. The number of carbonyl (C=O) groups is 1. The van der Waals surface area contributed by atoms with E-state index in [2.05, 4.69) is 12.1 Å². The van der Waals surface area contributed by atoms with Gasteiger partial charge in [0, 0.05) is 25.6 Å². The molecule has 0 radical (unpaired) electrons. The molecule has 18 heavy (non-hydrogen) atoms. The van der Waals surface area contributed by atoms with E-state index in [4.69, 9.17) is 5.73 Å². The van der Waals surface area contributed by atoms with E-state index in [-0.39, 0.29) is 17.9 Å². The lowest BCUT2D eigenvalue weighted by molar-refractivity contribution is -0.134. The molecule has 1 fully saturated rings. The minimum atomic E-state index is 0.153. The summed E-state index contributed by atoms with van der Waals surface area (Å²) in [7, 11) is 1.90. The quantitative estimate of drug-likeness (QED) is 0.880. The van der Waals surface area contributed by atoms with Crippen molar-refractivity contribution >= 4 is 5.91 Å². The number of rotatable bonds is 4. The van der Waals surface area contributed by atoms with Gasteiger partial charge in [-0.2, -0.15) is 0 Å². The zero-order valence-corrected chi connectivity index (χ0v) is 11.0. The van der Waals surface area contributed by atoms with E-state index in [0.29, 0.717) is 0 Å². The number of hydrogen-bond acceptors (Lipinski definition) is 2. The SMILES string of the molecule is CN(CCc1ccccc1)C(=O)C1CCC(N)C1. The molecule has 98 valence electrons. The summed E-state index contributed by atoms with van der Waals surface area (Å²) in [4.78, 5) is 14.0. The van der Waals surface area contributed by atoms with Crippen LogP contribution in [-0.4, -0.2) is 30.4 Å². The Labute approximate surface area is 109 Å². The van der Waals surface area contributed by atoms with E-state index in [1.165, 1.54) is 5.56 Å².